The highest BCUT2D eigenvalue weighted by atomic mass is 16.5. The fourth-order valence-electron chi connectivity index (χ4n) is 5.11. The highest BCUT2D eigenvalue weighted by Crippen LogP contribution is 2.42. The number of hydrogen-bond donors (Lipinski definition) is 2. The van der Waals surface area contributed by atoms with Gasteiger partial charge in [-0.1, -0.05) is 18.2 Å². The fourth-order valence-corrected chi connectivity index (χ4v) is 5.11. The highest BCUT2D eigenvalue weighted by molar-refractivity contribution is 5.76. The third kappa shape index (κ3) is 5.49. The maximum absolute atomic E-state index is 11.4. The van der Waals surface area contributed by atoms with E-state index in [1.165, 1.54) is 39.4 Å². The molecule has 0 bridgehead atoms. The van der Waals surface area contributed by atoms with Gasteiger partial charge in [0.05, 0.1) is 18.3 Å². The molecule has 192 valence electrons. The Morgan fingerprint density at radius 1 is 1.03 bits per heavy atom. The predicted molar refractivity (Wildman–Crippen MR) is 144 cm³/mol. The highest BCUT2D eigenvalue weighted by Gasteiger charge is 2.27. The molecule has 0 aliphatic heterocycles. The Bertz CT molecular complexity index is 1430. The molecule has 1 unspecified atom stereocenters. The van der Waals surface area contributed by atoms with Gasteiger partial charge in [-0.2, -0.15) is 5.16 Å². The van der Waals surface area contributed by atoms with Crippen molar-refractivity contribution in [2.45, 2.75) is 58.7 Å². The zero-order valence-corrected chi connectivity index (χ0v) is 21.8. The number of aromatic nitrogens is 1. The first-order valence-electron chi connectivity index (χ1n) is 12.7. The van der Waals surface area contributed by atoms with Crippen LogP contribution in [0.2, 0.25) is 0 Å². The smallest absolute Gasteiger partial charge is 0.280 e. The molecule has 0 amide bonds. The molecular weight excluding hydrogens is 466 g/mol. The molecule has 6 heteroatoms. The van der Waals surface area contributed by atoms with Gasteiger partial charge in [-0.25, -0.2) is 0 Å². The summed E-state index contributed by atoms with van der Waals surface area (Å²) in [5, 5.41) is 12.3. The van der Waals surface area contributed by atoms with Gasteiger partial charge in [-0.05, 0) is 110 Å². The predicted octanol–water partition coefficient (Wildman–Crippen LogP) is 6.52. The number of aromatic amines is 1. The molecule has 0 spiro atoms. The summed E-state index contributed by atoms with van der Waals surface area (Å²) in [5.41, 5.74) is 7.21. The molecule has 1 heterocycles. The zero-order valence-electron chi connectivity index (χ0n) is 21.8. The molecule has 0 saturated heterocycles. The molecular formula is C31H33NO5. The third-order valence-corrected chi connectivity index (χ3v) is 6.91. The minimum absolute atomic E-state index is 0.0176. The lowest BCUT2D eigenvalue weighted by molar-refractivity contribution is 0.0553. The number of hydrogen-bond acceptors (Lipinski definition) is 5. The van der Waals surface area contributed by atoms with Crippen molar-refractivity contribution in [3.05, 3.63) is 93.3 Å². The zero-order chi connectivity index (χ0) is 26.2. The fraction of sp³-hybridized carbons (Fsp3) is 0.323. The molecule has 3 aromatic carbocycles. The van der Waals surface area contributed by atoms with Gasteiger partial charge in [-0.3, -0.25) is 4.79 Å². The molecule has 2 N–H and O–H groups in total. The molecule has 1 aliphatic carbocycles. The van der Waals surface area contributed by atoms with Gasteiger partial charge in [0, 0.05) is 12.0 Å². The summed E-state index contributed by atoms with van der Waals surface area (Å²) in [4.78, 5) is 11.4. The Morgan fingerprint density at radius 3 is 2.41 bits per heavy atom. The molecule has 1 aliphatic rings. The van der Waals surface area contributed by atoms with Gasteiger partial charge in [0.25, 0.3) is 5.56 Å². The lowest BCUT2D eigenvalue weighted by atomic mass is 9.90. The average Bonchev–Trinajstić information content (AvgIpc) is 3.45. The van der Waals surface area contributed by atoms with Crippen LogP contribution in [-0.2, 0) is 6.42 Å². The van der Waals surface area contributed by atoms with Crippen LogP contribution < -0.4 is 15.0 Å². The Kier molecular flexibility index (Phi) is 6.69. The van der Waals surface area contributed by atoms with Crippen molar-refractivity contribution in [3.63, 3.8) is 0 Å². The van der Waals surface area contributed by atoms with E-state index in [-0.39, 0.29) is 11.7 Å². The second-order valence-corrected chi connectivity index (χ2v) is 10.5. The summed E-state index contributed by atoms with van der Waals surface area (Å²) in [6.45, 7) is 8.32. The largest absolute Gasteiger partial charge is 0.493 e. The van der Waals surface area contributed by atoms with E-state index >= 15 is 0 Å². The van der Waals surface area contributed by atoms with E-state index in [4.69, 9.17) is 14.0 Å². The van der Waals surface area contributed by atoms with Gasteiger partial charge in [0.1, 0.15) is 17.6 Å². The standard InChI is InChI=1S/C31H33NO5/c1-19-16-23(35-15-14-31(3,4)34)17-20(2)30(19)26-7-5-6-25-24(26)12-13-27(25)36-22-10-8-21(9-11-22)28-18-29(33)32-37-28/h5-11,16-18,27,34H,12-15H2,1-4H3,(H,32,33). The van der Waals surface area contributed by atoms with E-state index in [0.29, 0.717) is 18.8 Å². The van der Waals surface area contributed by atoms with Crippen LogP contribution in [0.15, 0.2) is 70.0 Å². The first-order chi connectivity index (χ1) is 17.7. The second kappa shape index (κ2) is 9.94. The lowest BCUT2D eigenvalue weighted by Gasteiger charge is -2.19. The first kappa shape index (κ1) is 24.9. The summed E-state index contributed by atoms with van der Waals surface area (Å²) in [5.74, 6) is 2.12. The Balaban J connectivity index is 1.35. The van der Waals surface area contributed by atoms with Crippen LogP contribution in [0.4, 0.5) is 0 Å². The summed E-state index contributed by atoms with van der Waals surface area (Å²) in [6, 6.07) is 19.7. The quantitative estimate of drug-likeness (QED) is 0.288. The van der Waals surface area contributed by atoms with Crippen LogP contribution >= 0.6 is 0 Å². The normalized spacial score (nSPS) is 15.0. The Hall–Kier alpha value is -3.77. The van der Waals surface area contributed by atoms with Crippen molar-refractivity contribution in [2.24, 2.45) is 0 Å². The number of nitrogens with one attached hydrogen (secondary N) is 1. The molecule has 1 aromatic heterocycles. The molecule has 5 rings (SSSR count). The van der Waals surface area contributed by atoms with Gasteiger partial charge < -0.3 is 19.1 Å². The molecule has 37 heavy (non-hydrogen) atoms. The Morgan fingerprint density at radius 2 is 1.76 bits per heavy atom. The van der Waals surface area contributed by atoms with Crippen molar-refractivity contribution in [1.82, 2.24) is 5.16 Å². The molecule has 0 fully saturated rings. The number of rotatable bonds is 8. The second-order valence-electron chi connectivity index (χ2n) is 10.5. The molecule has 0 saturated carbocycles. The van der Waals surface area contributed by atoms with Gasteiger partial charge in [-0.15, -0.1) is 0 Å². The number of ether oxygens (including phenoxy) is 2. The monoisotopic (exact) mass is 499 g/mol. The van der Waals surface area contributed by atoms with Gasteiger partial charge in [0.15, 0.2) is 5.76 Å². The van der Waals surface area contributed by atoms with Gasteiger partial charge >= 0.3 is 0 Å². The van der Waals surface area contributed by atoms with E-state index in [9.17, 15) is 9.90 Å². The van der Waals surface area contributed by atoms with Crippen LogP contribution in [0.3, 0.4) is 0 Å². The maximum Gasteiger partial charge on any atom is 0.280 e. The van der Waals surface area contributed by atoms with Crippen LogP contribution in [-0.4, -0.2) is 22.5 Å². The van der Waals surface area contributed by atoms with Crippen LogP contribution in [0.5, 0.6) is 11.5 Å². The topological polar surface area (TPSA) is 84.7 Å². The van der Waals surface area contributed by atoms with Crippen molar-refractivity contribution in [2.75, 3.05) is 6.61 Å². The van der Waals surface area contributed by atoms with E-state index in [1.54, 1.807) is 13.8 Å². The number of aryl methyl sites for hydroxylation is 2. The molecule has 4 aromatic rings. The van der Waals surface area contributed by atoms with E-state index < -0.39 is 5.60 Å². The minimum atomic E-state index is -0.741. The third-order valence-electron chi connectivity index (χ3n) is 6.91. The number of aliphatic hydroxyl groups is 1. The summed E-state index contributed by atoms with van der Waals surface area (Å²) in [6.07, 6.45) is 2.42. The van der Waals surface area contributed by atoms with Crippen molar-refractivity contribution < 1.29 is 19.1 Å². The SMILES string of the molecule is Cc1cc(OCCC(C)(C)O)cc(C)c1-c1cccc2c1CCC2Oc1ccc(-c2cc(=O)[nH]o2)cc1. The van der Waals surface area contributed by atoms with E-state index in [1.807, 2.05) is 24.3 Å². The number of benzene rings is 3. The summed E-state index contributed by atoms with van der Waals surface area (Å²) >= 11 is 0. The molecule has 0 radical (unpaired) electrons. The average molecular weight is 500 g/mol. The van der Waals surface area contributed by atoms with Crippen LogP contribution in [0.25, 0.3) is 22.5 Å². The van der Waals surface area contributed by atoms with E-state index in [0.717, 1.165) is 29.9 Å². The first-order valence-corrected chi connectivity index (χ1v) is 12.7. The number of fused-ring (bicyclic) bond motifs is 1. The van der Waals surface area contributed by atoms with Crippen LogP contribution in [0.1, 0.15) is 55.0 Å². The Labute approximate surface area is 216 Å². The summed E-state index contributed by atoms with van der Waals surface area (Å²) in [7, 11) is 0. The lowest BCUT2D eigenvalue weighted by Crippen LogP contribution is -2.21. The maximum atomic E-state index is 11.4. The number of H-pyrrole nitrogens is 1. The molecule has 1 atom stereocenters. The summed E-state index contributed by atoms with van der Waals surface area (Å²) < 4.78 is 17.5. The molecule has 6 nitrogen and oxygen atoms in total. The van der Waals surface area contributed by atoms with Crippen LogP contribution in [0, 0.1) is 13.8 Å². The van der Waals surface area contributed by atoms with E-state index in [2.05, 4.69) is 49.3 Å². The minimum Gasteiger partial charge on any atom is -0.493 e. The van der Waals surface area contributed by atoms with Gasteiger partial charge in [0.2, 0.25) is 0 Å². The van der Waals surface area contributed by atoms with Crippen molar-refractivity contribution >= 4 is 0 Å². The van der Waals surface area contributed by atoms with Crippen molar-refractivity contribution in [1.29, 1.82) is 0 Å². The van der Waals surface area contributed by atoms with Crippen molar-refractivity contribution in [3.8, 4) is 33.9 Å².